The number of carbonyl (C=O) groups excluding carboxylic acids is 1. The second-order valence-corrected chi connectivity index (χ2v) is 5.67. The minimum Gasteiger partial charge on any atom is -0.303 e. The van der Waals surface area contributed by atoms with Crippen molar-refractivity contribution in [3.05, 3.63) is 33.3 Å². The molecule has 1 heterocycles. The van der Waals surface area contributed by atoms with Crippen LogP contribution in [0.5, 0.6) is 0 Å². The molecular weight excluding hydrogens is 302 g/mol. The van der Waals surface area contributed by atoms with E-state index in [0.29, 0.717) is 17.0 Å². The van der Waals surface area contributed by atoms with Gasteiger partial charge in [0, 0.05) is 23.0 Å². The van der Waals surface area contributed by atoms with Crippen LogP contribution in [0.25, 0.3) is 0 Å². The summed E-state index contributed by atoms with van der Waals surface area (Å²) in [4.78, 5) is 14.3. The summed E-state index contributed by atoms with van der Waals surface area (Å²) in [7, 11) is 0. The molecule has 0 saturated carbocycles. The van der Waals surface area contributed by atoms with Gasteiger partial charge in [0.15, 0.2) is 5.78 Å². The van der Waals surface area contributed by atoms with Gasteiger partial charge >= 0.3 is 0 Å². The first kappa shape index (κ1) is 13.1. The van der Waals surface area contributed by atoms with Crippen molar-refractivity contribution in [2.24, 2.45) is 0 Å². The number of carbonyl (C=O) groups is 1. The van der Waals surface area contributed by atoms with Crippen molar-refractivity contribution in [1.29, 1.82) is 0 Å². The normalized spacial score (nSPS) is 16.4. The summed E-state index contributed by atoms with van der Waals surface area (Å²) in [6, 6.07) is 5.42. The van der Waals surface area contributed by atoms with E-state index in [-0.39, 0.29) is 5.78 Å². The van der Waals surface area contributed by atoms with Crippen molar-refractivity contribution < 1.29 is 4.79 Å². The Kier molecular flexibility index (Phi) is 4.60. The highest BCUT2D eigenvalue weighted by Crippen LogP contribution is 2.22. The Balaban J connectivity index is 1.94. The molecule has 2 nitrogen and oxygen atoms in total. The Morgan fingerprint density at radius 3 is 2.71 bits per heavy atom. The Morgan fingerprint density at radius 1 is 1.35 bits per heavy atom. The van der Waals surface area contributed by atoms with E-state index in [9.17, 15) is 4.79 Å². The molecule has 1 fully saturated rings. The average Bonchev–Trinajstić information content (AvgIpc) is 2.78. The highest BCUT2D eigenvalue weighted by atomic mass is 79.9. The lowest BCUT2D eigenvalue weighted by molar-refractivity contribution is 0.0969. The number of rotatable bonds is 4. The van der Waals surface area contributed by atoms with Gasteiger partial charge < -0.3 is 4.90 Å². The van der Waals surface area contributed by atoms with Gasteiger partial charge in [-0.15, -0.1) is 0 Å². The molecule has 0 spiro atoms. The van der Waals surface area contributed by atoms with Gasteiger partial charge in [-0.25, -0.2) is 0 Å². The number of ketones is 1. The molecule has 0 atom stereocenters. The van der Waals surface area contributed by atoms with Crippen molar-refractivity contribution in [3.63, 3.8) is 0 Å². The van der Waals surface area contributed by atoms with Crippen LogP contribution in [0.3, 0.4) is 0 Å². The van der Waals surface area contributed by atoms with E-state index in [1.807, 2.05) is 6.07 Å². The smallest absolute Gasteiger partial charge is 0.165 e. The summed E-state index contributed by atoms with van der Waals surface area (Å²) in [5.41, 5.74) is 0.633. The van der Waals surface area contributed by atoms with Gasteiger partial charge in [-0.3, -0.25) is 4.79 Å². The third-order valence-electron chi connectivity index (χ3n) is 3.09. The van der Waals surface area contributed by atoms with Gasteiger partial charge in [0.2, 0.25) is 0 Å². The van der Waals surface area contributed by atoms with E-state index >= 15 is 0 Å². The number of Topliss-reactive ketones (excluding diaryl/α,β-unsaturated/α-hetero) is 1. The molecule has 1 aliphatic heterocycles. The molecule has 0 amide bonds. The minimum atomic E-state index is 0.134. The Morgan fingerprint density at radius 2 is 2.06 bits per heavy atom. The summed E-state index contributed by atoms with van der Waals surface area (Å²) in [5, 5.41) is 0.533. The quantitative estimate of drug-likeness (QED) is 0.788. The monoisotopic (exact) mass is 315 g/mol. The molecule has 1 aromatic carbocycles. The van der Waals surface area contributed by atoms with Crippen LogP contribution in [-0.4, -0.2) is 30.3 Å². The standard InChI is InChI=1S/C13H15BrClNO/c14-10-3-4-11(12(15)9-10)13(17)5-8-16-6-1-2-7-16/h3-4,9H,1-2,5-8H2. The number of halogens is 2. The predicted molar refractivity (Wildman–Crippen MR) is 73.8 cm³/mol. The fraction of sp³-hybridized carbons (Fsp3) is 0.462. The van der Waals surface area contributed by atoms with E-state index < -0.39 is 0 Å². The zero-order valence-electron chi connectivity index (χ0n) is 9.59. The lowest BCUT2D eigenvalue weighted by atomic mass is 10.1. The number of hydrogen-bond donors (Lipinski definition) is 0. The molecule has 2 rings (SSSR count). The van der Waals surface area contributed by atoms with Crippen LogP contribution < -0.4 is 0 Å². The molecule has 1 saturated heterocycles. The third kappa shape index (κ3) is 3.54. The second-order valence-electron chi connectivity index (χ2n) is 4.35. The molecule has 1 aliphatic rings. The first-order valence-corrected chi connectivity index (χ1v) is 7.04. The predicted octanol–water partition coefficient (Wildman–Crippen LogP) is 3.77. The van der Waals surface area contributed by atoms with Gasteiger partial charge in [0.25, 0.3) is 0 Å². The lowest BCUT2D eigenvalue weighted by Gasteiger charge is -2.13. The van der Waals surface area contributed by atoms with Gasteiger partial charge in [-0.2, -0.15) is 0 Å². The van der Waals surface area contributed by atoms with E-state index in [1.165, 1.54) is 12.8 Å². The van der Waals surface area contributed by atoms with Crippen LogP contribution in [0.1, 0.15) is 29.6 Å². The maximum absolute atomic E-state index is 12.0. The van der Waals surface area contributed by atoms with Gasteiger partial charge in [-0.05, 0) is 44.1 Å². The largest absolute Gasteiger partial charge is 0.303 e. The lowest BCUT2D eigenvalue weighted by Crippen LogP contribution is -2.22. The maximum Gasteiger partial charge on any atom is 0.165 e. The van der Waals surface area contributed by atoms with Crippen molar-refractivity contribution in [3.8, 4) is 0 Å². The molecule has 92 valence electrons. The van der Waals surface area contributed by atoms with Crippen molar-refractivity contribution >= 4 is 33.3 Å². The van der Waals surface area contributed by atoms with Gasteiger partial charge in [0.05, 0.1) is 5.02 Å². The van der Waals surface area contributed by atoms with Crippen LogP contribution in [0.2, 0.25) is 5.02 Å². The van der Waals surface area contributed by atoms with E-state index in [4.69, 9.17) is 11.6 Å². The molecule has 0 unspecified atom stereocenters. The summed E-state index contributed by atoms with van der Waals surface area (Å²) in [6.45, 7) is 3.11. The second kappa shape index (κ2) is 5.98. The zero-order valence-corrected chi connectivity index (χ0v) is 11.9. The van der Waals surface area contributed by atoms with Crippen molar-refractivity contribution in [1.82, 2.24) is 4.90 Å². The van der Waals surface area contributed by atoms with E-state index in [2.05, 4.69) is 20.8 Å². The molecule has 1 aromatic rings. The fourth-order valence-electron chi connectivity index (χ4n) is 2.12. The van der Waals surface area contributed by atoms with Gasteiger partial charge in [-0.1, -0.05) is 27.5 Å². The van der Waals surface area contributed by atoms with Crippen molar-refractivity contribution in [2.75, 3.05) is 19.6 Å². The highest BCUT2D eigenvalue weighted by Gasteiger charge is 2.15. The van der Waals surface area contributed by atoms with Crippen LogP contribution in [-0.2, 0) is 0 Å². The minimum absolute atomic E-state index is 0.134. The third-order valence-corrected chi connectivity index (χ3v) is 3.89. The number of likely N-dealkylation sites (tertiary alicyclic amines) is 1. The first-order chi connectivity index (χ1) is 8.16. The molecule has 4 heteroatoms. The molecule has 0 bridgehead atoms. The number of hydrogen-bond acceptors (Lipinski definition) is 2. The molecule has 17 heavy (non-hydrogen) atoms. The number of benzene rings is 1. The Labute approximate surface area is 115 Å². The van der Waals surface area contributed by atoms with Crippen LogP contribution in [0.4, 0.5) is 0 Å². The Bertz CT molecular complexity index is 416. The summed E-state index contributed by atoms with van der Waals surface area (Å²) >= 11 is 9.39. The summed E-state index contributed by atoms with van der Waals surface area (Å²) in [5.74, 6) is 0.134. The number of nitrogens with zero attached hydrogens (tertiary/aromatic N) is 1. The molecular formula is C13H15BrClNO. The summed E-state index contributed by atoms with van der Waals surface area (Å²) in [6.07, 6.45) is 3.07. The van der Waals surface area contributed by atoms with Crippen LogP contribution in [0.15, 0.2) is 22.7 Å². The first-order valence-electron chi connectivity index (χ1n) is 5.87. The zero-order chi connectivity index (χ0) is 12.3. The maximum atomic E-state index is 12.0. The molecule has 0 N–H and O–H groups in total. The Hall–Kier alpha value is -0.380. The average molecular weight is 317 g/mol. The van der Waals surface area contributed by atoms with Gasteiger partial charge in [0.1, 0.15) is 0 Å². The van der Waals surface area contributed by atoms with Crippen LogP contribution >= 0.6 is 27.5 Å². The topological polar surface area (TPSA) is 20.3 Å². The van der Waals surface area contributed by atoms with E-state index in [0.717, 1.165) is 24.1 Å². The molecule has 0 aromatic heterocycles. The van der Waals surface area contributed by atoms with E-state index in [1.54, 1.807) is 12.1 Å². The summed E-state index contributed by atoms with van der Waals surface area (Å²) < 4.78 is 0.901. The molecule has 0 radical (unpaired) electrons. The molecule has 0 aliphatic carbocycles. The fourth-order valence-corrected chi connectivity index (χ4v) is 2.89. The van der Waals surface area contributed by atoms with Crippen LogP contribution in [0, 0.1) is 0 Å². The SMILES string of the molecule is O=C(CCN1CCCC1)c1ccc(Br)cc1Cl. The highest BCUT2D eigenvalue weighted by molar-refractivity contribution is 9.10. The van der Waals surface area contributed by atoms with Crippen molar-refractivity contribution in [2.45, 2.75) is 19.3 Å².